The molecule has 0 amide bonds. The normalized spacial score (nSPS) is 11.6. The Morgan fingerprint density at radius 3 is 2.67 bits per heavy atom. The van der Waals surface area contributed by atoms with Crippen molar-refractivity contribution in [3.05, 3.63) is 28.2 Å². The van der Waals surface area contributed by atoms with Crippen molar-refractivity contribution in [2.75, 3.05) is 19.5 Å². The van der Waals surface area contributed by atoms with E-state index in [9.17, 15) is 0 Å². The largest absolute Gasteiger partial charge is 0.496 e. The maximum atomic E-state index is 5.79. The Labute approximate surface area is 123 Å². The number of rotatable bonds is 7. The Hall–Kier alpha value is -0.250. The van der Waals surface area contributed by atoms with E-state index >= 15 is 0 Å². The number of alkyl halides is 1. The molecule has 1 rings (SSSR count). The molecule has 0 aliphatic heterocycles. The quantitative estimate of drug-likeness (QED) is 0.754. The first kappa shape index (κ1) is 15.8. The first-order valence-corrected chi connectivity index (χ1v) is 7.40. The summed E-state index contributed by atoms with van der Waals surface area (Å²) in [6.45, 7) is 6.27. The van der Waals surface area contributed by atoms with Gasteiger partial charge in [0, 0.05) is 19.0 Å². The average Bonchev–Trinajstić information content (AvgIpc) is 2.29. The van der Waals surface area contributed by atoms with Crippen LogP contribution in [0.15, 0.2) is 22.7 Å². The van der Waals surface area contributed by atoms with Crippen molar-refractivity contribution in [1.82, 2.24) is 5.32 Å². The highest BCUT2D eigenvalue weighted by molar-refractivity contribution is 9.10. The number of halogens is 2. The maximum Gasteiger partial charge on any atom is 0.133 e. The van der Waals surface area contributed by atoms with Crippen molar-refractivity contribution >= 4 is 27.5 Å². The Morgan fingerprint density at radius 2 is 2.11 bits per heavy atom. The molecule has 0 heterocycles. The average molecular weight is 335 g/mol. The van der Waals surface area contributed by atoms with Gasteiger partial charge in [0.1, 0.15) is 5.75 Å². The molecular formula is C14H21BrClNO. The molecule has 18 heavy (non-hydrogen) atoms. The van der Waals surface area contributed by atoms with Crippen molar-refractivity contribution in [2.24, 2.45) is 5.41 Å². The topological polar surface area (TPSA) is 21.3 Å². The molecule has 0 fully saturated rings. The van der Waals surface area contributed by atoms with Crippen molar-refractivity contribution in [3.63, 3.8) is 0 Å². The molecule has 0 unspecified atom stereocenters. The Kier molecular flexibility index (Phi) is 6.47. The van der Waals surface area contributed by atoms with Gasteiger partial charge >= 0.3 is 0 Å². The zero-order valence-electron chi connectivity index (χ0n) is 11.2. The van der Waals surface area contributed by atoms with Gasteiger partial charge < -0.3 is 10.1 Å². The van der Waals surface area contributed by atoms with Crippen LogP contribution in [-0.4, -0.2) is 19.5 Å². The predicted molar refractivity (Wildman–Crippen MR) is 81.5 cm³/mol. The Balaban J connectivity index is 2.47. The lowest BCUT2D eigenvalue weighted by Gasteiger charge is -2.24. The van der Waals surface area contributed by atoms with Crippen LogP contribution >= 0.6 is 27.5 Å². The van der Waals surface area contributed by atoms with E-state index in [0.29, 0.717) is 5.88 Å². The van der Waals surface area contributed by atoms with Crippen molar-refractivity contribution in [1.29, 1.82) is 0 Å². The molecule has 1 aromatic rings. The molecule has 1 N–H and O–H groups in total. The summed E-state index contributed by atoms with van der Waals surface area (Å²) in [7, 11) is 1.67. The lowest BCUT2D eigenvalue weighted by atomic mass is 9.90. The molecule has 0 radical (unpaired) electrons. The van der Waals surface area contributed by atoms with Gasteiger partial charge in [-0.3, -0.25) is 0 Å². The fourth-order valence-corrected chi connectivity index (χ4v) is 2.81. The van der Waals surface area contributed by atoms with Gasteiger partial charge in [0.05, 0.1) is 11.6 Å². The molecular weight excluding hydrogens is 314 g/mol. The summed E-state index contributed by atoms with van der Waals surface area (Å²) in [6, 6.07) is 6.14. The molecule has 0 aliphatic rings. The van der Waals surface area contributed by atoms with E-state index < -0.39 is 0 Å². The second-order valence-electron chi connectivity index (χ2n) is 5.18. The number of benzene rings is 1. The van der Waals surface area contributed by atoms with Gasteiger partial charge in [0.2, 0.25) is 0 Å². The van der Waals surface area contributed by atoms with Crippen LogP contribution in [0, 0.1) is 5.41 Å². The molecule has 0 saturated heterocycles. The van der Waals surface area contributed by atoms with Crippen molar-refractivity contribution in [3.8, 4) is 5.75 Å². The molecule has 2 nitrogen and oxygen atoms in total. The summed E-state index contributed by atoms with van der Waals surface area (Å²) in [5.74, 6) is 1.57. The molecule has 0 bridgehead atoms. The molecule has 0 aliphatic carbocycles. The maximum absolute atomic E-state index is 5.79. The number of hydrogen-bond acceptors (Lipinski definition) is 2. The predicted octanol–water partition coefficient (Wildman–Crippen LogP) is 4.20. The third kappa shape index (κ3) is 5.17. The van der Waals surface area contributed by atoms with Gasteiger partial charge in [0.15, 0.2) is 0 Å². The standard InChI is InChI=1S/C14H21BrClNO/c1-14(2,6-7-16)10-17-9-11-4-5-13(18-3)12(15)8-11/h4-5,8,17H,6-7,9-10H2,1-3H3. The fourth-order valence-electron chi connectivity index (χ4n) is 1.71. The Morgan fingerprint density at radius 1 is 1.39 bits per heavy atom. The van der Waals surface area contributed by atoms with Crippen LogP contribution in [0.1, 0.15) is 25.8 Å². The SMILES string of the molecule is COc1ccc(CNCC(C)(C)CCCl)cc1Br. The van der Waals surface area contributed by atoms with E-state index in [4.69, 9.17) is 16.3 Å². The van der Waals surface area contributed by atoms with E-state index in [1.165, 1.54) is 5.56 Å². The summed E-state index contributed by atoms with van der Waals surface area (Å²) in [4.78, 5) is 0. The van der Waals surface area contributed by atoms with Crippen LogP contribution in [-0.2, 0) is 6.54 Å². The van der Waals surface area contributed by atoms with E-state index in [2.05, 4.69) is 47.2 Å². The number of hydrogen-bond donors (Lipinski definition) is 1. The van der Waals surface area contributed by atoms with Gasteiger partial charge in [-0.05, 0) is 45.5 Å². The first-order chi connectivity index (χ1) is 8.48. The van der Waals surface area contributed by atoms with Crippen LogP contribution in [0.5, 0.6) is 5.75 Å². The minimum absolute atomic E-state index is 0.242. The zero-order chi connectivity index (χ0) is 13.6. The van der Waals surface area contributed by atoms with Gasteiger partial charge in [0.25, 0.3) is 0 Å². The summed E-state index contributed by atoms with van der Waals surface area (Å²) < 4.78 is 6.20. The second kappa shape index (κ2) is 7.37. The highest BCUT2D eigenvalue weighted by Crippen LogP contribution is 2.25. The van der Waals surface area contributed by atoms with E-state index in [0.717, 1.165) is 29.7 Å². The van der Waals surface area contributed by atoms with Crippen LogP contribution in [0.3, 0.4) is 0 Å². The van der Waals surface area contributed by atoms with Gasteiger partial charge in [-0.15, -0.1) is 11.6 Å². The van der Waals surface area contributed by atoms with Gasteiger partial charge in [-0.25, -0.2) is 0 Å². The monoisotopic (exact) mass is 333 g/mol. The van der Waals surface area contributed by atoms with Gasteiger partial charge in [-0.2, -0.15) is 0 Å². The lowest BCUT2D eigenvalue weighted by Crippen LogP contribution is -2.29. The molecule has 0 saturated carbocycles. The molecule has 1 aromatic carbocycles. The molecule has 0 atom stereocenters. The van der Waals surface area contributed by atoms with E-state index in [1.54, 1.807) is 7.11 Å². The van der Waals surface area contributed by atoms with Crippen LogP contribution < -0.4 is 10.1 Å². The highest BCUT2D eigenvalue weighted by atomic mass is 79.9. The fraction of sp³-hybridized carbons (Fsp3) is 0.571. The number of nitrogens with one attached hydrogen (secondary N) is 1. The van der Waals surface area contributed by atoms with E-state index in [-0.39, 0.29) is 5.41 Å². The molecule has 102 valence electrons. The first-order valence-electron chi connectivity index (χ1n) is 6.07. The van der Waals surface area contributed by atoms with Crippen LogP contribution in [0.25, 0.3) is 0 Å². The minimum Gasteiger partial charge on any atom is -0.496 e. The summed E-state index contributed by atoms with van der Waals surface area (Å²) in [6.07, 6.45) is 1.02. The number of ether oxygens (including phenoxy) is 1. The summed E-state index contributed by atoms with van der Waals surface area (Å²) >= 11 is 9.28. The van der Waals surface area contributed by atoms with Gasteiger partial charge in [-0.1, -0.05) is 19.9 Å². The minimum atomic E-state index is 0.242. The van der Waals surface area contributed by atoms with E-state index in [1.807, 2.05) is 6.07 Å². The van der Waals surface area contributed by atoms with Crippen molar-refractivity contribution in [2.45, 2.75) is 26.8 Å². The Bertz CT molecular complexity index is 382. The lowest BCUT2D eigenvalue weighted by molar-refractivity contribution is 0.329. The molecule has 0 spiro atoms. The van der Waals surface area contributed by atoms with Crippen LogP contribution in [0.2, 0.25) is 0 Å². The molecule has 4 heteroatoms. The summed E-state index contributed by atoms with van der Waals surface area (Å²) in [5, 5.41) is 3.47. The third-order valence-corrected chi connectivity index (χ3v) is 3.73. The zero-order valence-corrected chi connectivity index (χ0v) is 13.6. The summed E-state index contributed by atoms with van der Waals surface area (Å²) in [5.41, 5.74) is 1.48. The second-order valence-corrected chi connectivity index (χ2v) is 6.41. The van der Waals surface area contributed by atoms with Crippen LogP contribution in [0.4, 0.5) is 0 Å². The third-order valence-electron chi connectivity index (χ3n) is 2.92. The smallest absolute Gasteiger partial charge is 0.133 e. The molecule has 0 aromatic heterocycles. The van der Waals surface area contributed by atoms with Crippen molar-refractivity contribution < 1.29 is 4.74 Å². The number of methoxy groups -OCH3 is 1. The highest BCUT2D eigenvalue weighted by Gasteiger charge is 2.16.